The van der Waals surface area contributed by atoms with Gasteiger partial charge in [0.15, 0.2) is 0 Å². The normalized spacial score (nSPS) is 11.2. The Hall–Kier alpha value is -3.52. The zero-order valence-electron chi connectivity index (χ0n) is 14.4. The minimum Gasteiger partial charge on any atom is -0.399 e. The standard InChI is InChI=1S/C24H20N2/c25-20-13-9-17(10-14-20)8-11-19-12-15-21(26)16-24(19)23-7-3-5-18-4-1-2-6-22(18)23/h1-16H,25-26H2. The summed E-state index contributed by atoms with van der Waals surface area (Å²) >= 11 is 0. The third-order valence-corrected chi connectivity index (χ3v) is 4.55. The first-order valence-electron chi connectivity index (χ1n) is 8.62. The highest BCUT2D eigenvalue weighted by molar-refractivity contribution is 5.99. The molecule has 0 aliphatic carbocycles. The Morgan fingerprint density at radius 2 is 1.31 bits per heavy atom. The molecule has 0 aliphatic rings. The lowest BCUT2D eigenvalue weighted by Crippen LogP contribution is -1.90. The van der Waals surface area contributed by atoms with Gasteiger partial charge >= 0.3 is 0 Å². The summed E-state index contributed by atoms with van der Waals surface area (Å²) in [5.41, 5.74) is 18.0. The van der Waals surface area contributed by atoms with Gasteiger partial charge < -0.3 is 11.5 Å². The maximum absolute atomic E-state index is 6.09. The first-order valence-corrected chi connectivity index (χ1v) is 8.62. The number of fused-ring (bicyclic) bond motifs is 1. The summed E-state index contributed by atoms with van der Waals surface area (Å²) in [4.78, 5) is 0. The Labute approximate surface area is 153 Å². The molecule has 4 N–H and O–H groups in total. The highest BCUT2D eigenvalue weighted by Gasteiger charge is 2.07. The maximum Gasteiger partial charge on any atom is 0.0320 e. The Balaban J connectivity index is 1.83. The van der Waals surface area contributed by atoms with E-state index in [1.54, 1.807) is 0 Å². The highest BCUT2D eigenvalue weighted by atomic mass is 14.5. The van der Waals surface area contributed by atoms with Crippen molar-refractivity contribution in [3.05, 3.63) is 96.1 Å². The van der Waals surface area contributed by atoms with E-state index in [1.165, 1.54) is 16.3 Å². The maximum atomic E-state index is 6.09. The first kappa shape index (κ1) is 16.0. The molecule has 2 heteroatoms. The van der Waals surface area contributed by atoms with Crippen LogP contribution < -0.4 is 11.5 Å². The summed E-state index contributed by atoms with van der Waals surface area (Å²) in [7, 11) is 0. The largest absolute Gasteiger partial charge is 0.399 e. The summed E-state index contributed by atoms with van der Waals surface area (Å²) < 4.78 is 0. The van der Waals surface area contributed by atoms with Gasteiger partial charge in [-0.25, -0.2) is 0 Å². The van der Waals surface area contributed by atoms with Gasteiger partial charge in [-0.2, -0.15) is 0 Å². The lowest BCUT2D eigenvalue weighted by atomic mass is 9.93. The molecule has 4 aromatic carbocycles. The number of anilines is 2. The van der Waals surface area contributed by atoms with E-state index in [-0.39, 0.29) is 0 Å². The van der Waals surface area contributed by atoms with Crippen LogP contribution in [0, 0.1) is 0 Å². The zero-order valence-corrected chi connectivity index (χ0v) is 14.4. The summed E-state index contributed by atoms with van der Waals surface area (Å²) in [6.45, 7) is 0. The van der Waals surface area contributed by atoms with Crippen LogP contribution in [0.1, 0.15) is 11.1 Å². The second-order valence-corrected chi connectivity index (χ2v) is 6.37. The smallest absolute Gasteiger partial charge is 0.0320 e. The molecule has 0 aliphatic heterocycles. The number of benzene rings is 4. The summed E-state index contributed by atoms with van der Waals surface area (Å²) in [5.74, 6) is 0. The van der Waals surface area contributed by atoms with Crippen LogP contribution in [0.2, 0.25) is 0 Å². The third kappa shape index (κ3) is 3.17. The van der Waals surface area contributed by atoms with E-state index in [2.05, 4.69) is 60.7 Å². The van der Waals surface area contributed by atoms with Crippen molar-refractivity contribution in [2.45, 2.75) is 0 Å². The molecule has 0 unspecified atom stereocenters. The van der Waals surface area contributed by atoms with Gasteiger partial charge in [-0.05, 0) is 57.3 Å². The molecule has 4 aromatic rings. The lowest BCUT2D eigenvalue weighted by molar-refractivity contribution is 1.60. The van der Waals surface area contributed by atoms with Gasteiger partial charge in [0.2, 0.25) is 0 Å². The van der Waals surface area contributed by atoms with Crippen LogP contribution in [0.4, 0.5) is 11.4 Å². The Kier molecular flexibility index (Phi) is 4.16. The fraction of sp³-hybridized carbons (Fsp3) is 0. The molecule has 0 bridgehead atoms. The number of rotatable bonds is 3. The fourth-order valence-electron chi connectivity index (χ4n) is 3.21. The van der Waals surface area contributed by atoms with Gasteiger partial charge in [0.25, 0.3) is 0 Å². The molecular weight excluding hydrogens is 316 g/mol. The third-order valence-electron chi connectivity index (χ3n) is 4.55. The van der Waals surface area contributed by atoms with Gasteiger partial charge in [0, 0.05) is 11.4 Å². The van der Waals surface area contributed by atoms with Gasteiger partial charge in [0.05, 0.1) is 0 Å². The van der Waals surface area contributed by atoms with Crippen LogP contribution in [-0.2, 0) is 0 Å². The van der Waals surface area contributed by atoms with Crippen molar-refractivity contribution in [3.8, 4) is 11.1 Å². The molecule has 0 heterocycles. The molecule has 2 nitrogen and oxygen atoms in total. The van der Waals surface area contributed by atoms with E-state index >= 15 is 0 Å². The number of hydrogen-bond acceptors (Lipinski definition) is 2. The fourth-order valence-corrected chi connectivity index (χ4v) is 3.21. The minimum atomic E-state index is 0.762. The lowest BCUT2D eigenvalue weighted by Gasteiger charge is -2.11. The zero-order chi connectivity index (χ0) is 17.9. The van der Waals surface area contributed by atoms with Gasteiger partial charge in [-0.15, -0.1) is 0 Å². The SMILES string of the molecule is Nc1ccc(C=Cc2ccc(N)cc2-c2cccc3ccccc23)cc1. The van der Waals surface area contributed by atoms with Crippen LogP contribution in [0.3, 0.4) is 0 Å². The van der Waals surface area contributed by atoms with E-state index in [0.29, 0.717) is 0 Å². The molecule has 26 heavy (non-hydrogen) atoms. The number of nitrogen functional groups attached to an aromatic ring is 2. The van der Waals surface area contributed by atoms with Crippen LogP contribution in [-0.4, -0.2) is 0 Å². The monoisotopic (exact) mass is 336 g/mol. The molecule has 126 valence electrons. The molecule has 0 aromatic heterocycles. The van der Waals surface area contributed by atoms with Crippen LogP contribution in [0.5, 0.6) is 0 Å². The second-order valence-electron chi connectivity index (χ2n) is 6.37. The van der Waals surface area contributed by atoms with Crippen molar-refractivity contribution in [3.63, 3.8) is 0 Å². The predicted octanol–water partition coefficient (Wildman–Crippen LogP) is 5.84. The number of hydrogen-bond donors (Lipinski definition) is 2. The summed E-state index contributed by atoms with van der Waals surface area (Å²) in [6, 6.07) is 28.7. The molecular formula is C24H20N2. The van der Waals surface area contributed by atoms with Crippen molar-refractivity contribution in [2.75, 3.05) is 11.5 Å². The highest BCUT2D eigenvalue weighted by Crippen LogP contribution is 2.33. The molecule has 4 rings (SSSR count). The van der Waals surface area contributed by atoms with Crippen molar-refractivity contribution < 1.29 is 0 Å². The summed E-state index contributed by atoms with van der Waals surface area (Å²) in [6.07, 6.45) is 4.22. The second kappa shape index (κ2) is 6.77. The topological polar surface area (TPSA) is 52.0 Å². The van der Waals surface area contributed by atoms with E-state index in [9.17, 15) is 0 Å². The van der Waals surface area contributed by atoms with E-state index in [4.69, 9.17) is 11.5 Å². The molecule has 0 atom stereocenters. The van der Waals surface area contributed by atoms with Crippen molar-refractivity contribution >= 4 is 34.3 Å². The summed E-state index contributed by atoms with van der Waals surface area (Å²) in [5, 5.41) is 2.45. The van der Waals surface area contributed by atoms with Crippen LogP contribution in [0.25, 0.3) is 34.1 Å². The van der Waals surface area contributed by atoms with Gasteiger partial charge in [-0.3, -0.25) is 0 Å². The molecule has 0 amide bonds. The number of nitrogens with two attached hydrogens (primary N) is 2. The first-order chi connectivity index (χ1) is 12.7. The average molecular weight is 336 g/mol. The predicted molar refractivity (Wildman–Crippen MR) is 114 cm³/mol. The Bertz CT molecular complexity index is 1090. The molecule has 0 spiro atoms. The molecule has 0 saturated carbocycles. The molecule has 0 fully saturated rings. The Morgan fingerprint density at radius 1 is 0.577 bits per heavy atom. The van der Waals surface area contributed by atoms with Crippen LogP contribution in [0.15, 0.2) is 84.9 Å². The average Bonchev–Trinajstić information content (AvgIpc) is 2.68. The quantitative estimate of drug-likeness (QED) is 0.365. The molecule has 0 saturated heterocycles. The van der Waals surface area contributed by atoms with Gasteiger partial charge in [-0.1, -0.05) is 72.8 Å². The van der Waals surface area contributed by atoms with Crippen molar-refractivity contribution in [1.29, 1.82) is 0 Å². The van der Waals surface area contributed by atoms with E-state index in [0.717, 1.165) is 28.1 Å². The Morgan fingerprint density at radius 3 is 2.15 bits per heavy atom. The minimum absolute atomic E-state index is 0.762. The van der Waals surface area contributed by atoms with E-state index in [1.807, 2.05) is 36.4 Å². The van der Waals surface area contributed by atoms with Crippen molar-refractivity contribution in [1.82, 2.24) is 0 Å². The van der Waals surface area contributed by atoms with Crippen molar-refractivity contribution in [2.24, 2.45) is 0 Å². The van der Waals surface area contributed by atoms with Gasteiger partial charge in [0.1, 0.15) is 0 Å². The van der Waals surface area contributed by atoms with Crippen LogP contribution >= 0.6 is 0 Å². The molecule has 0 radical (unpaired) electrons. The van der Waals surface area contributed by atoms with E-state index < -0.39 is 0 Å².